The molecule has 1 amide bonds. The Balaban J connectivity index is 1.55. The largest absolute Gasteiger partial charge is 0.386 e. The van der Waals surface area contributed by atoms with Gasteiger partial charge in [-0.15, -0.1) is 0 Å². The Morgan fingerprint density at radius 2 is 2.10 bits per heavy atom. The van der Waals surface area contributed by atoms with Crippen LogP contribution in [0.2, 0.25) is 0 Å². The van der Waals surface area contributed by atoms with E-state index < -0.39 is 5.60 Å². The molecule has 1 saturated heterocycles. The highest BCUT2D eigenvalue weighted by Gasteiger charge is 2.53. The number of likely N-dealkylation sites (tertiary alicyclic amines) is 1. The van der Waals surface area contributed by atoms with Gasteiger partial charge >= 0.3 is 0 Å². The van der Waals surface area contributed by atoms with Gasteiger partial charge in [-0.1, -0.05) is 6.07 Å². The summed E-state index contributed by atoms with van der Waals surface area (Å²) in [5, 5.41) is 11.3. The second-order valence-electron chi connectivity index (χ2n) is 5.95. The predicted molar refractivity (Wildman–Crippen MR) is 75.3 cm³/mol. The SMILES string of the molecule is O=C(c1ccc2ncccc2c1)N1CC(O)(C2CC2)C1. The molecule has 1 saturated carbocycles. The minimum Gasteiger partial charge on any atom is -0.386 e. The Hall–Kier alpha value is -1.94. The fourth-order valence-electron chi connectivity index (χ4n) is 3.03. The van der Waals surface area contributed by atoms with Crippen molar-refractivity contribution < 1.29 is 9.90 Å². The van der Waals surface area contributed by atoms with Crippen molar-refractivity contribution >= 4 is 16.8 Å². The molecule has 2 heterocycles. The fourth-order valence-corrected chi connectivity index (χ4v) is 3.03. The van der Waals surface area contributed by atoms with Crippen molar-refractivity contribution in [2.24, 2.45) is 5.92 Å². The number of hydrogen-bond acceptors (Lipinski definition) is 3. The first-order chi connectivity index (χ1) is 9.66. The molecule has 2 fully saturated rings. The number of nitrogens with zero attached hydrogens (tertiary/aromatic N) is 2. The summed E-state index contributed by atoms with van der Waals surface area (Å²) in [6, 6.07) is 9.38. The molecule has 0 unspecified atom stereocenters. The maximum absolute atomic E-state index is 12.4. The van der Waals surface area contributed by atoms with Gasteiger partial charge in [0.1, 0.15) is 5.60 Å². The zero-order valence-corrected chi connectivity index (χ0v) is 11.1. The van der Waals surface area contributed by atoms with Crippen molar-refractivity contribution in [1.82, 2.24) is 9.88 Å². The van der Waals surface area contributed by atoms with Crippen LogP contribution in [0.15, 0.2) is 36.5 Å². The van der Waals surface area contributed by atoms with Gasteiger partial charge < -0.3 is 10.0 Å². The molecule has 0 spiro atoms. The summed E-state index contributed by atoms with van der Waals surface area (Å²) in [5.41, 5.74) is 0.944. The first-order valence-corrected chi connectivity index (χ1v) is 7.02. The second-order valence-corrected chi connectivity index (χ2v) is 5.95. The molecular weight excluding hydrogens is 252 g/mol. The Labute approximate surface area is 117 Å². The molecule has 102 valence electrons. The monoisotopic (exact) mass is 268 g/mol. The topological polar surface area (TPSA) is 53.4 Å². The standard InChI is InChI=1S/C16H16N2O2/c19-15(18-9-16(20,10-18)13-4-5-13)12-3-6-14-11(8-12)2-1-7-17-14/h1-3,6-8,13,20H,4-5,9-10H2. The van der Waals surface area contributed by atoms with Crippen LogP contribution in [0, 0.1) is 5.92 Å². The van der Waals surface area contributed by atoms with Gasteiger partial charge in [0.25, 0.3) is 5.91 Å². The summed E-state index contributed by atoms with van der Waals surface area (Å²) in [6.45, 7) is 0.948. The maximum Gasteiger partial charge on any atom is 0.254 e. The van der Waals surface area contributed by atoms with Crippen molar-refractivity contribution in [3.8, 4) is 0 Å². The van der Waals surface area contributed by atoms with Crippen LogP contribution in [0.25, 0.3) is 10.9 Å². The Morgan fingerprint density at radius 1 is 1.30 bits per heavy atom. The zero-order valence-electron chi connectivity index (χ0n) is 11.1. The van der Waals surface area contributed by atoms with Gasteiger partial charge in [-0.3, -0.25) is 9.78 Å². The van der Waals surface area contributed by atoms with E-state index in [9.17, 15) is 9.90 Å². The van der Waals surface area contributed by atoms with E-state index in [0.717, 1.165) is 23.7 Å². The second kappa shape index (κ2) is 4.03. The van der Waals surface area contributed by atoms with Gasteiger partial charge in [0.15, 0.2) is 0 Å². The van der Waals surface area contributed by atoms with Gasteiger partial charge in [-0.05, 0) is 43.0 Å². The maximum atomic E-state index is 12.4. The lowest BCUT2D eigenvalue weighted by atomic mass is 9.88. The van der Waals surface area contributed by atoms with Crippen molar-refractivity contribution in [2.75, 3.05) is 13.1 Å². The van der Waals surface area contributed by atoms with Crippen LogP contribution >= 0.6 is 0 Å². The Kier molecular flexibility index (Phi) is 2.39. The van der Waals surface area contributed by atoms with Crippen LogP contribution in [0.4, 0.5) is 0 Å². The lowest BCUT2D eigenvalue weighted by Gasteiger charge is -2.47. The van der Waals surface area contributed by atoms with Gasteiger partial charge in [0.05, 0.1) is 18.6 Å². The number of fused-ring (bicyclic) bond motifs is 1. The van der Waals surface area contributed by atoms with Crippen LogP contribution < -0.4 is 0 Å². The minimum absolute atomic E-state index is 0.000998. The third kappa shape index (κ3) is 1.79. The van der Waals surface area contributed by atoms with Crippen LogP contribution in [0.3, 0.4) is 0 Å². The zero-order chi connectivity index (χ0) is 13.7. The highest BCUT2D eigenvalue weighted by molar-refractivity contribution is 5.98. The molecule has 4 nitrogen and oxygen atoms in total. The summed E-state index contributed by atoms with van der Waals surface area (Å²) < 4.78 is 0. The van der Waals surface area contributed by atoms with Gasteiger partial charge in [-0.2, -0.15) is 0 Å². The third-order valence-corrected chi connectivity index (χ3v) is 4.40. The normalized spacial score (nSPS) is 20.8. The van der Waals surface area contributed by atoms with Crippen molar-refractivity contribution in [3.63, 3.8) is 0 Å². The quantitative estimate of drug-likeness (QED) is 0.904. The van der Waals surface area contributed by atoms with Gasteiger partial charge in [0, 0.05) is 17.1 Å². The summed E-state index contributed by atoms with van der Waals surface area (Å²) in [4.78, 5) is 18.4. The number of carbonyl (C=O) groups excluding carboxylic acids is 1. The molecule has 1 aromatic carbocycles. The summed E-state index contributed by atoms with van der Waals surface area (Å²) in [7, 11) is 0. The fraction of sp³-hybridized carbons (Fsp3) is 0.375. The van der Waals surface area contributed by atoms with E-state index in [1.807, 2.05) is 30.3 Å². The summed E-state index contributed by atoms with van der Waals surface area (Å²) in [5.74, 6) is 0.411. The third-order valence-electron chi connectivity index (χ3n) is 4.40. The van der Waals surface area contributed by atoms with E-state index in [4.69, 9.17) is 0 Å². The number of β-amino-alcohol motifs (C(OH)–C–C–N with tert-alkyl or cyclic N) is 1. The average Bonchev–Trinajstić information content (AvgIpc) is 3.27. The van der Waals surface area contributed by atoms with Crippen LogP contribution in [0.1, 0.15) is 23.2 Å². The van der Waals surface area contributed by atoms with Crippen LogP contribution in [-0.2, 0) is 0 Å². The first kappa shape index (κ1) is 11.9. The number of amides is 1. The van der Waals surface area contributed by atoms with E-state index in [1.54, 1.807) is 11.1 Å². The van der Waals surface area contributed by atoms with Crippen molar-refractivity contribution in [1.29, 1.82) is 0 Å². The highest BCUT2D eigenvalue weighted by atomic mass is 16.3. The molecule has 2 aromatic rings. The number of aromatic nitrogens is 1. The van der Waals surface area contributed by atoms with Gasteiger partial charge in [-0.25, -0.2) is 0 Å². The van der Waals surface area contributed by atoms with Crippen LogP contribution in [0.5, 0.6) is 0 Å². The number of aliphatic hydroxyl groups is 1. The molecule has 0 radical (unpaired) electrons. The number of carbonyl (C=O) groups is 1. The summed E-state index contributed by atoms with van der Waals surface area (Å²) >= 11 is 0. The smallest absolute Gasteiger partial charge is 0.254 e. The number of pyridine rings is 1. The van der Waals surface area contributed by atoms with Crippen molar-refractivity contribution in [3.05, 3.63) is 42.1 Å². The molecule has 4 rings (SSSR count). The van der Waals surface area contributed by atoms with E-state index >= 15 is 0 Å². The molecule has 1 aromatic heterocycles. The minimum atomic E-state index is -0.617. The molecule has 2 aliphatic rings. The number of benzene rings is 1. The molecule has 4 heteroatoms. The first-order valence-electron chi connectivity index (χ1n) is 7.02. The van der Waals surface area contributed by atoms with Gasteiger partial charge in [0.2, 0.25) is 0 Å². The van der Waals surface area contributed by atoms with Crippen molar-refractivity contribution in [2.45, 2.75) is 18.4 Å². The molecular formula is C16H16N2O2. The number of hydrogen-bond donors (Lipinski definition) is 1. The Morgan fingerprint density at radius 3 is 2.85 bits per heavy atom. The Bertz CT molecular complexity index is 688. The predicted octanol–water partition coefficient (Wildman–Crippen LogP) is 1.83. The lowest BCUT2D eigenvalue weighted by Crippen LogP contribution is -2.64. The van der Waals surface area contributed by atoms with E-state index in [1.165, 1.54) is 0 Å². The molecule has 0 bridgehead atoms. The molecule has 0 atom stereocenters. The van der Waals surface area contributed by atoms with E-state index in [0.29, 0.717) is 24.6 Å². The van der Waals surface area contributed by atoms with E-state index in [-0.39, 0.29) is 5.91 Å². The average molecular weight is 268 g/mol. The van der Waals surface area contributed by atoms with Crippen LogP contribution in [-0.4, -0.2) is 39.6 Å². The molecule has 1 aliphatic carbocycles. The highest BCUT2D eigenvalue weighted by Crippen LogP contribution is 2.44. The lowest BCUT2D eigenvalue weighted by molar-refractivity contribution is -0.0958. The summed E-state index contributed by atoms with van der Waals surface area (Å²) in [6.07, 6.45) is 3.94. The molecule has 1 N–H and O–H groups in total. The molecule has 20 heavy (non-hydrogen) atoms. The van der Waals surface area contributed by atoms with E-state index in [2.05, 4.69) is 4.98 Å². The molecule has 1 aliphatic heterocycles. The number of rotatable bonds is 2.